The third kappa shape index (κ3) is 3.28. The Bertz CT molecular complexity index is 393. The van der Waals surface area contributed by atoms with Crippen LogP contribution in [-0.2, 0) is 9.53 Å². The van der Waals surface area contributed by atoms with Crippen molar-refractivity contribution < 1.29 is 19.4 Å². The molecule has 1 aromatic heterocycles. The molecule has 2 rings (SSSR count). The van der Waals surface area contributed by atoms with Crippen molar-refractivity contribution in [3.63, 3.8) is 0 Å². The fourth-order valence-electron chi connectivity index (χ4n) is 1.54. The van der Waals surface area contributed by atoms with Crippen molar-refractivity contribution in [1.29, 1.82) is 0 Å². The molecule has 0 spiro atoms. The third-order valence-electron chi connectivity index (χ3n) is 2.34. The minimum absolute atomic E-state index is 0.219. The smallest absolute Gasteiger partial charge is 0.341 e. The zero-order chi connectivity index (χ0) is 12.1. The van der Waals surface area contributed by atoms with Gasteiger partial charge in [0.15, 0.2) is 6.61 Å². The highest BCUT2D eigenvalue weighted by Gasteiger charge is 2.12. The number of morpholine rings is 1. The lowest BCUT2D eigenvalue weighted by atomic mass is 10.3. The van der Waals surface area contributed by atoms with Crippen molar-refractivity contribution >= 4 is 11.7 Å². The summed E-state index contributed by atoms with van der Waals surface area (Å²) in [4.78, 5) is 12.4. The quantitative estimate of drug-likeness (QED) is 0.777. The Hall–Kier alpha value is -1.89. The van der Waals surface area contributed by atoms with Gasteiger partial charge in [-0.3, -0.25) is 0 Å². The predicted molar refractivity (Wildman–Crippen MR) is 58.2 cm³/mol. The van der Waals surface area contributed by atoms with E-state index in [9.17, 15) is 4.79 Å². The van der Waals surface area contributed by atoms with Crippen molar-refractivity contribution in [3.05, 3.63) is 12.3 Å². The van der Waals surface area contributed by atoms with Crippen LogP contribution in [0.4, 0.5) is 5.69 Å². The molecule has 0 aromatic carbocycles. The molecule has 0 saturated carbocycles. The zero-order valence-corrected chi connectivity index (χ0v) is 9.20. The first-order valence-corrected chi connectivity index (χ1v) is 5.26. The van der Waals surface area contributed by atoms with Crippen LogP contribution in [-0.4, -0.2) is 54.2 Å². The summed E-state index contributed by atoms with van der Waals surface area (Å²) in [7, 11) is 0. The Balaban J connectivity index is 2.02. The Kier molecular flexibility index (Phi) is 3.71. The minimum Gasteiger partial charge on any atom is -0.479 e. The summed E-state index contributed by atoms with van der Waals surface area (Å²) in [5.41, 5.74) is 0.865. The first kappa shape index (κ1) is 11.6. The molecule has 17 heavy (non-hydrogen) atoms. The molecule has 1 saturated heterocycles. The second kappa shape index (κ2) is 5.44. The van der Waals surface area contributed by atoms with Gasteiger partial charge in [0, 0.05) is 19.2 Å². The third-order valence-corrected chi connectivity index (χ3v) is 2.34. The lowest BCUT2D eigenvalue weighted by Gasteiger charge is -2.28. The molecule has 7 nitrogen and oxygen atoms in total. The molecule has 7 heteroatoms. The molecule has 0 radical (unpaired) electrons. The van der Waals surface area contributed by atoms with Crippen LogP contribution in [0.2, 0.25) is 0 Å². The lowest BCUT2D eigenvalue weighted by Crippen LogP contribution is -2.36. The maximum atomic E-state index is 10.4. The molecule has 0 atom stereocenters. The van der Waals surface area contributed by atoms with Gasteiger partial charge >= 0.3 is 5.97 Å². The maximum Gasteiger partial charge on any atom is 0.341 e. The number of nitrogens with zero attached hydrogens (tertiary/aromatic N) is 3. The summed E-state index contributed by atoms with van der Waals surface area (Å²) < 4.78 is 10.2. The highest BCUT2D eigenvalue weighted by molar-refractivity contribution is 5.68. The monoisotopic (exact) mass is 239 g/mol. The Labute approximate surface area is 98.0 Å². The largest absolute Gasteiger partial charge is 0.479 e. The van der Waals surface area contributed by atoms with Crippen LogP contribution < -0.4 is 9.64 Å². The topological polar surface area (TPSA) is 84.8 Å². The van der Waals surface area contributed by atoms with Gasteiger partial charge in [-0.05, 0) is 0 Å². The number of carbonyl (C=O) groups is 1. The summed E-state index contributed by atoms with van der Waals surface area (Å²) in [5.74, 6) is -0.819. The molecule has 1 aromatic rings. The minimum atomic E-state index is -1.04. The Morgan fingerprint density at radius 3 is 3.00 bits per heavy atom. The first-order chi connectivity index (χ1) is 8.25. The number of aliphatic carboxylic acids is 1. The van der Waals surface area contributed by atoms with E-state index in [1.165, 1.54) is 0 Å². The number of carboxylic acid groups (broad SMARTS) is 1. The van der Waals surface area contributed by atoms with E-state index in [1.807, 2.05) is 0 Å². The SMILES string of the molecule is O=C(O)COc1cc(N2CCOCC2)cnn1. The van der Waals surface area contributed by atoms with Crippen LogP contribution in [0.15, 0.2) is 12.3 Å². The van der Waals surface area contributed by atoms with Gasteiger partial charge in [-0.15, -0.1) is 5.10 Å². The molecule has 0 aliphatic carbocycles. The molecule has 1 aliphatic heterocycles. The Morgan fingerprint density at radius 2 is 2.29 bits per heavy atom. The van der Waals surface area contributed by atoms with Crippen molar-refractivity contribution in [2.75, 3.05) is 37.8 Å². The van der Waals surface area contributed by atoms with Crippen molar-refractivity contribution in [2.24, 2.45) is 0 Å². The maximum absolute atomic E-state index is 10.4. The highest BCUT2D eigenvalue weighted by atomic mass is 16.5. The van der Waals surface area contributed by atoms with Gasteiger partial charge in [0.1, 0.15) is 0 Å². The average molecular weight is 239 g/mol. The summed E-state index contributed by atoms with van der Waals surface area (Å²) in [6, 6.07) is 1.68. The van der Waals surface area contributed by atoms with E-state index in [2.05, 4.69) is 15.1 Å². The number of aromatic nitrogens is 2. The van der Waals surface area contributed by atoms with Gasteiger partial charge in [-0.2, -0.15) is 5.10 Å². The van der Waals surface area contributed by atoms with Crippen LogP contribution in [0, 0.1) is 0 Å². The summed E-state index contributed by atoms with van der Waals surface area (Å²) in [5, 5.41) is 16.0. The summed E-state index contributed by atoms with van der Waals surface area (Å²) in [6.45, 7) is 2.50. The molecule has 1 aliphatic rings. The van der Waals surface area contributed by atoms with Gasteiger partial charge in [-0.1, -0.05) is 0 Å². The predicted octanol–water partition coefficient (Wildman–Crippen LogP) is -0.223. The number of hydrogen-bond acceptors (Lipinski definition) is 6. The number of rotatable bonds is 4. The van der Waals surface area contributed by atoms with Crippen LogP contribution in [0.5, 0.6) is 5.88 Å². The normalized spacial score (nSPS) is 15.6. The van der Waals surface area contributed by atoms with E-state index in [0.29, 0.717) is 13.2 Å². The van der Waals surface area contributed by atoms with Crippen LogP contribution in [0.3, 0.4) is 0 Å². The standard InChI is InChI=1S/C10H13N3O4/c14-10(15)7-17-9-5-8(6-11-12-9)13-1-3-16-4-2-13/h5-6H,1-4,7H2,(H,14,15). The van der Waals surface area contributed by atoms with E-state index in [4.69, 9.17) is 14.6 Å². The Morgan fingerprint density at radius 1 is 1.53 bits per heavy atom. The van der Waals surface area contributed by atoms with Gasteiger partial charge in [0.05, 0.1) is 25.1 Å². The molecular formula is C10H13N3O4. The fraction of sp³-hybridized carbons (Fsp3) is 0.500. The van der Waals surface area contributed by atoms with E-state index in [0.717, 1.165) is 18.8 Å². The van der Waals surface area contributed by atoms with Gasteiger partial charge in [0.25, 0.3) is 0 Å². The number of anilines is 1. The number of hydrogen-bond donors (Lipinski definition) is 1. The van der Waals surface area contributed by atoms with E-state index < -0.39 is 12.6 Å². The van der Waals surface area contributed by atoms with Crippen LogP contribution in [0.1, 0.15) is 0 Å². The van der Waals surface area contributed by atoms with Gasteiger partial charge in [-0.25, -0.2) is 4.79 Å². The molecule has 1 fully saturated rings. The number of carboxylic acids is 1. The molecule has 0 bridgehead atoms. The second-order valence-corrected chi connectivity index (χ2v) is 3.53. The van der Waals surface area contributed by atoms with Crippen molar-refractivity contribution in [3.8, 4) is 5.88 Å². The van der Waals surface area contributed by atoms with Crippen molar-refractivity contribution in [1.82, 2.24) is 10.2 Å². The van der Waals surface area contributed by atoms with Crippen LogP contribution in [0.25, 0.3) is 0 Å². The van der Waals surface area contributed by atoms with Gasteiger partial charge in [0.2, 0.25) is 5.88 Å². The molecule has 92 valence electrons. The van der Waals surface area contributed by atoms with E-state index in [1.54, 1.807) is 12.3 Å². The fourth-order valence-corrected chi connectivity index (χ4v) is 1.54. The van der Waals surface area contributed by atoms with Crippen molar-refractivity contribution in [2.45, 2.75) is 0 Å². The van der Waals surface area contributed by atoms with Gasteiger partial charge < -0.3 is 19.5 Å². The van der Waals surface area contributed by atoms with E-state index in [-0.39, 0.29) is 5.88 Å². The number of ether oxygens (including phenoxy) is 2. The summed E-state index contributed by atoms with van der Waals surface area (Å²) >= 11 is 0. The molecular weight excluding hydrogens is 226 g/mol. The molecule has 1 N–H and O–H groups in total. The second-order valence-electron chi connectivity index (χ2n) is 3.53. The first-order valence-electron chi connectivity index (χ1n) is 5.26. The van der Waals surface area contributed by atoms with Crippen LogP contribution >= 0.6 is 0 Å². The molecule has 0 amide bonds. The average Bonchev–Trinajstić information content (AvgIpc) is 2.38. The zero-order valence-electron chi connectivity index (χ0n) is 9.20. The lowest BCUT2D eigenvalue weighted by molar-refractivity contribution is -0.139. The highest BCUT2D eigenvalue weighted by Crippen LogP contribution is 2.18. The van der Waals surface area contributed by atoms with E-state index >= 15 is 0 Å². The molecule has 0 unspecified atom stereocenters. The summed E-state index contributed by atoms with van der Waals surface area (Å²) in [6.07, 6.45) is 1.62. The molecule has 2 heterocycles.